The molecule has 1 aliphatic rings. The summed E-state index contributed by atoms with van der Waals surface area (Å²) in [5.74, 6) is 2.75. The standard InChI is InChI=1S/C29H30N2O5/c1-33-25-14-21(15-26(34-2)28(25)35-3)24-16-23-27(36-24)22(11-12-30-23)19-9-6-10-20(13-19)29(32)31-17-18-7-4-5-8-18/h6,9-16,18H,4-5,7-8,17H2,1-3H3,(H,31,32). The minimum Gasteiger partial charge on any atom is -0.493 e. The third-order valence-electron chi connectivity index (χ3n) is 6.82. The smallest absolute Gasteiger partial charge is 0.251 e. The summed E-state index contributed by atoms with van der Waals surface area (Å²) in [6, 6.07) is 15.1. The minimum absolute atomic E-state index is 0.0494. The fraction of sp³-hybridized carbons (Fsp3) is 0.310. The molecule has 0 bridgehead atoms. The van der Waals surface area contributed by atoms with Crippen molar-refractivity contribution in [3.05, 3.63) is 60.3 Å². The number of pyridine rings is 1. The van der Waals surface area contributed by atoms with Gasteiger partial charge in [0.15, 0.2) is 17.1 Å². The first kappa shape index (κ1) is 23.7. The van der Waals surface area contributed by atoms with Gasteiger partial charge in [-0.2, -0.15) is 0 Å². The molecule has 2 heterocycles. The van der Waals surface area contributed by atoms with Crippen molar-refractivity contribution in [2.75, 3.05) is 27.9 Å². The zero-order chi connectivity index (χ0) is 25.1. The van der Waals surface area contributed by atoms with Crippen molar-refractivity contribution in [3.63, 3.8) is 0 Å². The molecular formula is C29H30N2O5. The first-order valence-electron chi connectivity index (χ1n) is 12.2. The zero-order valence-corrected chi connectivity index (χ0v) is 20.8. The van der Waals surface area contributed by atoms with Crippen LogP contribution in [-0.2, 0) is 0 Å². The molecule has 1 N–H and O–H groups in total. The van der Waals surface area contributed by atoms with Crippen LogP contribution in [-0.4, -0.2) is 38.8 Å². The molecule has 7 heteroatoms. The number of rotatable bonds is 8. The number of amides is 1. The van der Waals surface area contributed by atoms with Gasteiger partial charge in [0.05, 0.1) is 21.3 Å². The van der Waals surface area contributed by atoms with Crippen LogP contribution in [0.2, 0.25) is 0 Å². The maximum absolute atomic E-state index is 12.8. The highest BCUT2D eigenvalue weighted by Crippen LogP contribution is 2.42. The Balaban J connectivity index is 1.48. The van der Waals surface area contributed by atoms with Crippen molar-refractivity contribution < 1.29 is 23.4 Å². The summed E-state index contributed by atoms with van der Waals surface area (Å²) in [6.07, 6.45) is 6.66. The molecule has 0 atom stereocenters. The summed E-state index contributed by atoms with van der Waals surface area (Å²) in [7, 11) is 4.73. The number of hydrogen-bond acceptors (Lipinski definition) is 6. The van der Waals surface area contributed by atoms with Crippen molar-refractivity contribution in [3.8, 4) is 39.7 Å². The van der Waals surface area contributed by atoms with E-state index in [1.54, 1.807) is 27.5 Å². The highest BCUT2D eigenvalue weighted by Gasteiger charge is 2.19. The van der Waals surface area contributed by atoms with Crippen LogP contribution >= 0.6 is 0 Å². The van der Waals surface area contributed by atoms with Gasteiger partial charge in [0.1, 0.15) is 11.3 Å². The number of furan rings is 1. The second kappa shape index (κ2) is 10.3. The maximum Gasteiger partial charge on any atom is 0.251 e. The van der Waals surface area contributed by atoms with Crippen molar-refractivity contribution in [1.29, 1.82) is 0 Å². The van der Waals surface area contributed by atoms with Gasteiger partial charge >= 0.3 is 0 Å². The van der Waals surface area contributed by atoms with E-state index in [0.717, 1.165) is 23.2 Å². The average Bonchev–Trinajstić information content (AvgIpc) is 3.61. The molecule has 0 aliphatic heterocycles. The molecule has 1 amide bonds. The molecule has 1 aliphatic carbocycles. The first-order valence-corrected chi connectivity index (χ1v) is 12.2. The summed E-state index contributed by atoms with van der Waals surface area (Å²) in [5.41, 5.74) is 4.52. The topological polar surface area (TPSA) is 82.8 Å². The third kappa shape index (κ3) is 4.61. The van der Waals surface area contributed by atoms with Crippen LogP contribution < -0.4 is 19.5 Å². The molecular weight excluding hydrogens is 456 g/mol. The Labute approximate surface area is 210 Å². The minimum atomic E-state index is -0.0494. The number of carbonyl (C=O) groups is 1. The predicted molar refractivity (Wildman–Crippen MR) is 139 cm³/mol. The molecule has 7 nitrogen and oxygen atoms in total. The SMILES string of the molecule is COc1cc(-c2cc3nccc(-c4cccc(C(=O)NCC5CCCC5)c4)c3o2)cc(OC)c1OC. The number of methoxy groups -OCH3 is 3. The molecule has 186 valence electrons. The molecule has 2 aromatic carbocycles. The Hall–Kier alpha value is -4.00. The summed E-state index contributed by atoms with van der Waals surface area (Å²) in [6.45, 7) is 0.735. The molecule has 0 saturated heterocycles. The number of ether oxygens (including phenoxy) is 3. The Morgan fingerprint density at radius 2 is 1.72 bits per heavy atom. The zero-order valence-electron chi connectivity index (χ0n) is 20.8. The van der Waals surface area contributed by atoms with E-state index in [1.165, 1.54) is 25.7 Å². The van der Waals surface area contributed by atoms with Crippen LogP contribution in [0.25, 0.3) is 33.6 Å². The van der Waals surface area contributed by atoms with Crippen LogP contribution in [0.1, 0.15) is 36.0 Å². The molecule has 0 unspecified atom stereocenters. The lowest BCUT2D eigenvalue weighted by Crippen LogP contribution is -2.28. The number of benzene rings is 2. The van der Waals surface area contributed by atoms with Gasteiger partial charge in [-0.3, -0.25) is 9.78 Å². The summed E-state index contributed by atoms with van der Waals surface area (Å²) in [4.78, 5) is 17.3. The van der Waals surface area contributed by atoms with Crippen molar-refractivity contribution in [1.82, 2.24) is 10.3 Å². The number of aromatic nitrogens is 1. The van der Waals surface area contributed by atoms with Gasteiger partial charge in [-0.15, -0.1) is 0 Å². The largest absolute Gasteiger partial charge is 0.493 e. The van der Waals surface area contributed by atoms with E-state index in [1.807, 2.05) is 48.5 Å². The quantitative estimate of drug-likeness (QED) is 0.324. The van der Waals surface area contributed by atoms with Crippen molar-refractivity contribution in [2.24, 2.45) is 5.92 Å². The van der Waals surface area contributed by atoms with E-state index in [0.29, 0.717) is 45.6 Å². The Morgan fingerprint density at radius 1 is 0.972 bits per heavy atom. The fourth-order valence-corrected chi connectivity index (χ4v) is 4.91. The lowest BCUT2D eigenvalue weighted by atomic mass is 10.0. The number of nitrogens with one attached hydrogen (secondary N) is 1. The number of hydrogen-bond donors (Lipinski definition) is 1. The summed E-state index contributed by atoms with van der Waals surface area (Å²) < 4.78 is 22.7. The van der Waals surface area contributed by atoms with E-state index in [2.05, 4.69) is 10.3 Å². The summed E-state index contributed by atoms with van der Waals surface area (Å²) >= 11 is 0. The van der Waals surface area contributed by atoms with E-state index in [9.17, 15) is 4.79 Å². The molecule has 1 fully saturated rings. The average molecular weight is 487 g/mol. The molecule has 5 rings (SSSR count). The van der Waals surface area contributed by atoms with E-state index < -0.39 is 0 Å². The molecule has 4 aromatic rings. The van der Waals surface area contributed by atoms with Crippen LogP contribution in [0.5, 0.6) is 17.2 Å². The van der Waals surface area contributed by atoms with Crippen molar-refractivity contribution >= 4 is 17.0 Å². The van der Waals surface area contributed by atoms with Crippen LogP contribution in [0.3, 0.4) is 0 Å². The van der Waals surface area contributed by atoms with E-state index in [-0.39, 0.29) is 5.91 Å². The first-order chi connectivity index (χ1) is 17.6. The molecule has 36 heavy (non-hydrogen) atoms. The number of carbonyl (C=O) groups excluding carboxylic acids is 1. The van der Waals surface area contributed by atoms with Gasteiger partial charge in [0, 0.05) is 35.5 Å². The third-order valence-corrected chi connectivity index (χ3v) is 6.82. The van der Waals surface area contributed by atoms with Crippen LogP contribution in [0, 0.1) is 5.92 Å². The normalized spacial score (nSPS) is 13.6. The van der Waals surface area contributed by atoms with Gasteiger partial charge in [-0.25, -0.2) is 0 Å². The molecule has 0 spiro atoms. The maximum atomic E-state index is 12.8. The summed E-state index contributed by atoms with van der Waals surface area (Å²) in [5, 5.41) is 3.10. The molecule has 0 radical (unpaired) electrons. The number of nitrogens with zero attached hydrogens (tertiary/aromatic N) is 1. The van der Waals surface area contributed by atoms with Gasteiger partial charge in [0.2, 0.25) is 5.75 Å². The lowest BCUT2D eigenvalue weighted by Gasteiger charge is -2.13. The molecule has 1 saturated carbocycles. The predicted octanol–water partition coefficient (Wildman–Crippen LogP) is 6.11. The van der Waals surface area contributed by atoms with E-state index in [4.69, 9.17) is 18.6 Å². The van der Waals surface area contributed by atoms with Crippen LogP contribution in [0.15, 0.2) is 59.1 Å². The van der Waals surface area contributed by atoms with Gasteiger partial charge in [0.25, 0.3) is 5.91 Å². The molecule has 2 aromatic heterocycles. The highest BCUT2D eigenvalue weighted by atomic mass is 16.5. The number of fused-ring (bicyclic) bond motifs is 1. The Kier molecular flexibility index (Phi) is 6.80. The van der Waals surface area contributed by atoms with Gasteiger partial charge < -0.3 is 23.9 Å². The van der Waals surface area contributed by atoms with Gasteiger partial charge in [-0.05, 0) is 54.7 Å². The van der Waals surface area contributed by atoms with Crippen molar-refractivity contribution in [2.45, 2.75) is 25.7 Å². The van der Waals surface area contributed by atoms with Gasteiger partial charge in [-0.1, -0.05) is 25.0 Å². The Bertz CT molecular complexity index is 1360. The highest BCUT2D eigenvalue weighted by molar-refractivity contribution is 5.98. The lowest BCUT2D eigenvalue weighted by molar-refractivity contribution is 0.0947. The van der Waals surface area contributed by atoms with Crippen LogP contribution in [0.4, 0.5) is 0 Å². The van der Waals surface area contributed by atoms with E-state index >= 15 is 0 Å². The fourth-order valence-electron chi connectivity index (χ4n) is 4.91. The monoisotopic (exact) mass is 486 g/mol. The second-order valence-electron chi connectivity index (χ2n) is 9.04. The Morgan fingerprint density at radius 3 is 2.42 bits per heavy atom. The second-order valence-corrected chi connectivity index (χ2v) is 9.04.